The van der Waals surface area contributed by atoms with Gasteiger partial charge in [0.05, 0.1) is 18.7 Å². The first kappa shape index (κ1) is 13.3. The number of carbonyl (C=O) groups excluding carboxylic acids is 1. The van der Waals surface area contributed by atoms with Crippen molar-refractivity contribution in [1.82, 2.24) is 4.98 Å². The van der Waals surface area contributed by atoms with Crippen LogP contribution in [0.2, 0.25) is 0 Å². The zero-order valence-electron chi connectivity index (χ0n) is 11.0. The Morgan fingerprint density at radius 1 is 1.61 bits per heavy atom. The van der Waals surface area contributed by atoms with E-state index in [1.165, 1.54) is 12.8 Å². The fraction of sp³-hybridized carbons (Fsp3) is 0.692. The van der Waals surface area contributed by atoms with E-state index < -0.39 is 0 Å². The van der Waals surface area contributed by atoms with Gasteiger partial charge in [-0.05, 0) is 19.3 Å². The van der Waals surface area contributed by atoms with E-state index in [1.54, 1.807) is 11.3 Å². The molecule has 1 aromatic heterocycles. The molecular weight excluding hydrogens is 248 g/mol. The van der Waals surface area contributed by atoms with Gasteiger partial charge in [0.1, 0.15) is 0 Å². The van der Waals surface area contributed by atoms with Crippen LogP contribution in [0.1, 0.15) is 32.4 Å². The number of ether oxygens (including phenoxy) is 1. The van der Waals surface area contributed by atoms with Crippen LogP contribution in [0.15, 0.2) is 5.38 Å². The topological polar surface area (TPSA) is 42.4 Å². The van der Waals surface area contributed by atoms with Crippen molar-refractivity contribution >= 4 is 22.4 Å². The maximum atomic E-state index is 11.4. The molecule has 0 amide bonds. The van der Waals surface area contributed by atoms with E-state index >= 15 is 0 Å². The van der Waals surface area contributed by atoms with Crippen LogP contribution in [0, 0.1) is 5.92 Å². The predicted octanol–water partition coefficient (Wildman–Crippen LogP) is 2.49. The van der Waals surface area contributed by atoms with E-state index in [9.17, 15) is 4.79 Å². The van der Waals surface area contributed by atoms with Crippen molar-refractivity contribution in [3.63, 3.8) is 0 Å². The van der Waals surface area contributed by atoms with Gasteiger partial charge < -0.3 is 9.64 Å². The van der Waals surface area contributed by atoms with Crippen LogP contribution < -0.4 is 4.90 Å². The highest BCUT2D eigenvalue weighted by molar-refractivity contribution is 7.13. The minimum Gasteiger partial charge on any atom is -0.466 e. The van der Waals surface area contributed by atoms with Crippen LogP contribution in [0.3, 0.4) is 0 Å². The van der Waals surface area contributed by atoms with Gasteiger partial charge in [0.25, 0.3) is 0 Å². The summed E-state index contributed by atoms with van der Waals surface area (Å²) in [4.78, 5) is 18.2. The van der Waals surface area contributed by atoms with Crippen LogP contribution in [-0.2, 0) is 16.0 Å². The zero-order valence-corrected chi connectivity index (χ0v) is 11.8. The molecule has 0 aromatic carbocycles. The Hall–Kier alpha value is -1.10. The van der Waals surface area contributed by atoms with Crippen molar-refractivity contribution in [2.24, 2.45) is 5.92 Å². The predicted molar refractivity (Wildman–Crippen MR) is 73.1 cm³/mol. The summed E-state index contributed by atoms with van der Waals surface area (Å²) in [7, 11) is 0. The summed E-state index contributed by atoms with van der Waals surface area (Å²) in [6, 6.07) is 0. The number of carbonyl (C=O) groups is 1. The summed E-state index contributed by atoms with van der Waals surface area (Å²) < 4.78 is 4.93. The number of hydrogen-bond donors (Lipinski definition) is 0. The highest BCUT2D eigenvalue weighted by Gasteiger charge is 2.23. The summed E-state index contributed by atoms with van der Waals surface area (Å²) in [5.74, 6) is 0.601. The molecule has 0 spiro atoms. The smallest absolute Gasteiger partial charge is 0.311 e. The molecular formula is C13H20N2O2S. The molecule has 0 bridgehead atoms. The maximum absolute atomic E-state index is 11.4. The summed E-state index contributed by atoms with van der Waals surface area (Å²) in [5.41, 5.74) is 0.827. The lowest BCUT2D eigenvalue weighted by atomic mass is 10.1. The molecule has 5 heteroatoms. The van der Waals surface area contributed by atoms with Gasteiger partial charge in [-0.3, -0.25) is 4.79 Å². The van der Waals surface area contributed by atoms with E-state index in [1.807, 2.05) is 12.3 Å². The molecule has 1 atom stereocenters. The quantitative estimate of drug-likeness (QED) is 0.769. The summed E-state index contributed by atoms with van der Waals surface area (Å²) in [6.07, 6.45) is 2.77. The minimum atomic E-state index is -0.192. The second-order valence-corrected chi connectivity index (χ2v) is 5.45. The highest BCUT2D eigenvalue weighted by atomic mass is 32.1. The van der Waals surface area contributed by atoms with E-state index in [0.717, 1.165) is 29.8 Å². The third-order valence-corrected chi connectivity index (χ3v) is 4.25. The number of hydrogen-bond acceptors (Lipinski definition) is 5. The Morgan fingerprint density at radius 2 is 2.44 bits per heavy atom. The normalized spacial score (nSPS) is 19.2. The van der Waals surface area contributed by atoms with E-state index in [0.29, 0.717) is 6.61 Å². The number of esters is 1. The minimum absolute atomic E-state index is 0.192. The molecule has 4 nitrogen and oxygen atoms in total. The van der Waals surface area contributed by atoms with Crippen LogP contribution in [0.25, 0.3) is 0 Å². The van der Waals surface area contributed by atoms with Crippen molar-refractivity contribution in [3.05, 3.63) is 11.1 Å². The van der Waals surface area contributed by atoms with Crippen molar-refractivity contribution < 1.29 is 9.53 Å². The standard InChI is InChI=1S/C13H20N2O2S/c1-3-10-5-6-15(8-10)13-14-11(9-18-13)7-12(16)17-4-2/h9-10H,3-8H2,1-2H3. The number of thiazole rings is 1. The molecule has 2 heterocycles. The molecule has 1 aromatic rings. The first-order valence-corrected chi connectivity index (χ1v) is 7.45. The second kappa shape index (κ2) is 6.18. The van der Waals surface area contributed by atoms with E-state index in [-0.39, 0.29) is 12.4 Å². The SMILES string of the molecule is CCOC(=O)Cc1csc(N2CCC(CC)C2)n1. The molecule has 0 saturated carbocycles. The van der Waals surface area contributed by atoms with E-state index in [2.05, 4.69) is 16.8 Å². The summed E-state index contributed by atoms with van der Waals surface area (Å²) >= 11 is 1.63. The molecule has 0 radical (unpaired) electrons. The Kier molecular flexibility index (Phi) is 4.58. The molecule has 0 N–H and O–H groups in total. The molecule has 1 saturated heterocycles. The summed E-state index contributed by atoms with van der Waals surface area (Å²) in [5, 5.41) is 3.01. The van der Waals surface area contributed by atoms with Crippen LogP contribution in [0.4, 0.5) is 5.13 Å². The summed E-state index contributed by atoms with van der Waals surface area (Å²) in [6.45, 7) is 6.68. The van der Waals surface area contributed by atoms with Crippen LogP contribution in [0.5, 0.6) is 0 Å². The average Bonchev–Trinajstić information content (AvgIpc) is 2.96. The molecule has 100 valence electrons. The van der Waals surface area contributed by atoms with Gasteiger partial charge in [0, 0.05) is 18.5 Å². The fourth-order valence-electron chi connectivity index (χ4n) is 2.22. The Bertz CT molecular complexity index is 405. The molecule has 1 aliphatic rings. The third-order valence-electron chi connectivity index (χ3n) is 3.30. The van der Waals surface area contributed by atoms with Gasteiger partial charge in [0.2, 0.25) is 0 Å². The monoisotopic (exact) mass is 268 g/mol. The number of nitrogens with zero attached hydrogens (tertiary/aromatic N) is 2. The molecule has 1 unspecified atom stereocenters. The molecule has 1 fully saturated rings. The Morgan fingerprint density at radius 3 is 3.11 bits per heavy atom. The lowest BCUT2D eigenvalue weighted by Crippen LogP contribution is -2.19. The van der Waals surface area contributed by atoms with Gasteiger partial charge in [-0.1, -0.05) is 13.3 Å². The fourth-order valence-corrected chi connectivity index (χ4v) is 3.08. The van der Waals surface area contributed by atoms with Gasteiger partial charge >= 0.3 is 5.97 Å². The highest BCUT2D eigenvalue weighted by Crippen LogP contribution is 2.28. The van der Waals surface area contributed by atoms with Crippen molar-refractivity contribution in [2.75, 3.05) is 24.6 Å². The third kappa shape index (κ3) is 3.22. The first-order chi connectivity index (χ1) is 8.72. The van der Waals surface area contributed by atoms with Crippen molar-refractivity contribution in [1.29, 1.82) is 0 Å². The zero-order chi connectivity index (χ0) is 13.0. The maximum Gasteiger partial charge on any atom is 0.311 e. The number of anilines is 1. The lowest BCUT2D eigenvalue weighted by Gasteiger charge is -2.13. The number of aromatic nitrogens is 1. The van der Waals surface area contributed by atoms with Crippen LogP contribution >= 0.6 is 11.3 Å². The van der Waals surface area contributed by atoms with Gasteiger partial charge in [-0.15, -0.1) is 11.3 Å². The first-order valence-electron chi connectivity index (χ1n) is 6.57. The van der Waals surface area contributed by atoms with Crippen molar-refractivity contribution in [3.8, 4) is 0 Å². The second-order valence-electron chi connectivity index (χ2n) is 4.61. The molecule has 2 rings (SSSR count). The molecule has 1 aliphatic heterocycles. The Labute approximate surface area is 112 Å². The average molecular weight is 268 g/mol. The van der Waals surface area contributed by atoms with Crippen LogP contribution in [-0.4, -0.2) is 30.6 Å². The van der Waals surface area contributed by atoms with Gasteiger partial charge in [-0.25, -0.2) is 4.98 Å². The lowest BCUT2D eigenvalue weighted by molar-refractivity contribution is -0.142. The van der Waals surface area contributed by atoms with Gasteiger partial charge in [-0.2, -0.15) is 0 Å². The molecule has 0 aliphatic carbocycles. The van der Waals surface area contributed by atoms with E-state index in [4.69, 9.17) is 4.74 Å². The largest absolute Gasteiger partial charge is 0.466 e. The Balaban J connectivity index is 1.92. The van der Waals surface area contributed by atoms with Gasteiger partial charge in [0.15, 0.2) is 5.13 Å². The van der Waals surface area contributed by atoms with Crippen molar-refractivity contribution in [2.45, 2.75) is 33.1 Å². The molecule has 18 heavy (non-hydrogen) atoms. The number of rotatable bonds is 5.